The van der Waals surface area contributed by atoms with E-state index < -0.39 is 5.60 Å². The number of fused-ring (bicyclic) bond motifs is 1. The van der Waals surface area contributed by atoms with Gasteiger partial charge in [-0.1, -0.05) is 6.92 Å². The lowest BCUT2D eigenvalue weighted by Crippen LogP contribution is -2.65. The zero-order chi connectivity index (χ0) is 12.0. The van der Waals surface area contributed by atoms with Crippen LogP contribution in [0.3, 0.4) is 0 Å². The predicted molar refractivity (Wildman–Crippen MR) is 62.3 cm³/mol. The Morgan fingerprint density at radius 3 is 2.44 bits per heavy atom. The minimum Gasteiger partial charge on any atom is -0.444 e. The Morgan fingerprint density at radius 2 is 2.00 bits per heavy atom. The number of rotatable bonds is 1. The van der Waals surface area contributed by atoms with Gasteiger partial charge in [0.15, 0.2) is 0 Å². The van der Waals surface area contributed by atoms with Gasteiger partial charge in [-0.15, -0.1) is 0 Å². The summed E-state index contributed by atoms with van der Waals surface area (Å²) in [4.78, 5) is 11.8. The van der Waals surface area contributed by atoms with Crippen molar-refractivity contribution in [2.75, 3.05) is 13.1 Å². The molecule has 0 aromatic rings. The summed E-state index contributed by atoms with van der Waals surface area (Å²) >= 11 is 0. The van der Waals surface area contributed by atoms with Crippen LogP contribution in [-0.2, 0) is 4.74 Å². The highest BCUT2D eigenvalue weighted by Gasteiger charge is 2.60. The number of hydrogen-bond donors (Lipinski definition) is 2. The van der Waals surface area contributed by atoms with E-state index >= 15 is 0 Å². The maximum atomic E-state index is 11.8. The number of carbonyl (C=O) groups excluding carboxylic acids is 1. The van der Waals surface area contributed by atoms with E-state index in [0.717, 1.165) is 19.5 Å². The first kappa shape index (κ1) is 11.7. The largest absolute Gasteiger partial charge is 0.444 e. The average molecular weight is 226 g/mol. The highest BCUT2D eigenvalue weighted by molar-refractivity contribution is 5.69. The van der Waals surface area contributed by atoms with Crippen molar-refractivity contribution >= 4 is 6.09 Å². The van der Waals surface area contributed by atoms with E-state index in [-0.39, 0.29) is 17.0 Å². The minimum absolute atomic E-state index is 0.0741. The van der Waals surface area contributed by atoms with Crippen molar-refractivity contribution in [3.8, 4) is 0 Å². The maximum Gasteiger partial charge on any atom is 0.408 e. The van der Waals surface area contributed by atoms with E-state index in [4.69, 9.17) is 4.74 Å². The molecule has 0 spiro atoms. The molecule has 0 aromatic heterocycles. The van der Waals surface area contributed by atoms with Gasteiger partial charge in [-0.2, -0.15) is 0 Å². The summed E-state index contributed by atoms with van der Waals surface area (Å²) in [6, 6.07) is 0. The second-order valence-electron chi connectivity index (χ2n) is 6.37. The smallest absolute Gasteiger partial charge is 0.408 e. The van der Waals surface area contributed by atoms with Crippen LogP contribution in [0.2, 0.25) is 0 Å². The molecule has 2 rings (SSSR count). The molecule has 0 bridgehead atoms. The zero-order valence-corrected chi connectivity index (χ0v) is 10.6. The van der Waals surface area contributed by atoms with Crippen LogP contribution in [0.1, 0.15) is 40.5 Å². The molecule has 0 aromatic carbocycles. The van der Waals surface area contributed by atoms with Crippen molar-refractivity contribution in [1.29, 1.82) is 0 Å². The summed E-state index contributed by atoms with van der Waals surface area (Å²) in [5, 5.41) is 6.43. The maximum absolute atomic E-state index is 11.8. The van der Waals surface area contributed by atoms with Crippen LogP contribution in [0.15, 0.2) is 0 Å². The normalized spacial score (nSPS) is 37.5. The second-order valence-corrected chi connectivity index (χ2v) is 6.37. The van der Waals surface area contributed by atoms with E-state index in [0.29, 0.717) is 0 Å². The van der Waals surface area contributed by atoms with Crippen LogP contribution in [0.5, 0.6) is 0 Å². The summed E-state index contributed by atoms with van der Waals surface area (Å²) in [5.74, 6) is 0. The summed E-state index contributed by atoms with van der Waals surface area (Å²) < 4.78 is 5.31. The van der Waals surface area contributed by atoms with Crippen molar-refractivity contribution in [2.45, 2.75) is 51.7 Å². The highest BCUT2D eigenvalue weighted by Crippen LogP contribution is 2.52. The number of nitrogens with one attached hydrogen (secondary N) is 2. The first-order valence-electron chi connectivity index (χ1n) is 5.98. The van der Waals surface area contributed by atoms with E-state index in [9.17, 15) is 4.79 Å². The highest BCUT2D eigenvalue weighted by atomic mass is 16.6. The number of ether oxygens (including phenoxy) is 1. The van der Waals surface area contributed by atoms with E-state index in [1.807, 2.05) is 20.8 Å². The molecule has 16 heavy (non-hydrogen) atoms. The third-order valence-corrected chi connectivity index (χ3v) is 3.94. The van der Waals surface area contributed by atoms with Gasteiger partial charge >= 0.3 is 6.09 Å². The van der Waals surface area contributed by atoms with E-state index in [1.165, 1.54) is 6.42 Å². The van der Waals surface area contributed by atoms with Gasteiger partial charge in [0.2, 0.25) is 0 Å². The Hall–Kier alpha value is -0.770. The van der Waals surface area contributed by atoms with Crippen LogP contribution in [-0.4, -0.2) is 30.3 Å². The third-order valence-electron chi connectivity index (χ3n) is 3.94. The number of carbonyl (C=O) groups is 1. The lowest BCUT2D eigenvalue weighted by atomic mass is 9.57. The fourth-order valence-corrected chi connectivity index (χ4v) is 2.72. The first-order chi connectivity index (χ1) is 7.27. The van der Waals surface area contributed by atoms with Crippen molar-refractivity contribution < 1.29 is 9.53 Å². The van der Waals surface area contributed by atoms with E-state index in [1.54, 1.807) is 0 Å². The minimum atomic E-state index is -0.424. The molecule has 1 aliphatic carbocycles. The Kier molecular flexibility index (Phi) is 2.46. The molecule has 2 N–H and O–H groups in total. The van der Waals surface area contributed by atoms with Gasteiger partial charge in [-0.25, -0.2) is 4.79 Å². The topological polar surface area (TPSA) is 50.4 Å². The van der Waals surface area contributed by atoms with Crippen LogP contribution in [0.4, 0.5) is 4.79 Å². The van der Waals surface area contributed by atoms with Crippen LogP contribution < -0.4 is 10.6 Å². The molecule has 1 aliphatic heterocycles. The molecule has 4 nitrogen and oxygen atoms in total. The Bertz CT molecular complexity index is 311. The molecule has 2 atom stereocenters. The van der Waals surface area contributed by atoms with Gasteiger partial charge in [0.05, 0.1) is 5.54 Å². The molecule has 2 aliphatic rings. The summed E-state index contributed by atoms with van der Waals surface area (Å²) in [5.41, 5.74) is -0.286. The van der Waals surface area contributed by atoms with Gasteiger partial charge in [-0.3, -0.25) is 0 Å². The van der Waals surface area contributed by atoms with Crippen LogP contribution in [0, 0.1) is 5.41 Å². The molecule has 4 heteroatoms. The summed E-state index contributed by atoms with van der Waals surface area (Å²) in [6.45, 7) is 9.74. The van der Waals surface area contributed by atoms with Gasteiger partial charge in [0.25, 0.3) is 0 Å². The number of alkyl carbamates (subject to hydrolysis) is 1. The second kappa shape index (κ2) is 3.36. The molecule has 0 unspecified atom stereocenters. The van der Waals surface area contributed by atoms with Crippen molar-refractivity contribution in [3.05, 3.63) is 0 Å². The van der Waals surface area contributed by atoms with Crippen LogP contribution >= 0.6 is 0 Å². The summed E-state index contributed by atoms with van der Waals surface area (Å²) in [7, 11) is 0. The average Bonchev–Trinajstić information content (AvgIpc) is 2.28. The lowest BCUT2D eigenvalue weighted by Gasteiger charge is -2.53. The molecular formula is C12H22N2O2. The monoisotopic (exact) mass is 226 g/mol. The van der Waals surface area contributed by atoms with Gasteiger partial charge in [0.1, 0.15) is 5.60 Å². The molecule has 2 fully saturated rings. The molecule has 1 amide bonds. The molecule has 1 heterocycles. The number of hydrogen-bond acceptors (Lipinski definition) is 3. The van der Waals surface area contributed by atoms with Crippen LogP contribution in [0.25, 0.3) is 0 Å². The van der Waals surface area contributed by atoms with Gasteiger partial charge in [-0.05, 0) is 33.6 Å². The molecule has 92 valence electrons. The zero-order valence-electron chi connectivity index (χ0n) is 10.6. The number of amides is 1. The van der Waals surface area contributed by atoms with Crippen molar-refractivity contribution in [2.24, 2.45) is 5.41 Å². The fraction of sp³-hybridized carbons (Fsp3) is 0.917. The summed E-state index contributed by atoms with van der Waals surface area (Å²) in [6.07, 6.45) is 1.94. The van der Waals surface area contributed by atoms with Crippen molar-refractivity contribution in [3.63, 3.8) is 0 Å². The molecule has 0 radical (unpaired) electrons. The predicted octanol–water partition coefficient (Wildman–Crippen LogP) is 1.65. The Balaban J connectivity index is 1.98. The molecular weight excluding hydrogens is 204 g/mol. The fourth-order valence-electron chi connectivity index (χ4n) is 2.72. The van der Waals surface area contributed by atoms with Crippen molar-refractivity contribution in [1.82, 2.24) is 10.6 Å². The lowest BCUT2D eigenvalue weighted by molar-refractivity contribution is 0.00512. The molecule has 1 saturated heterocycles. The van der Waals surface area contributed by atoms with E-state index in [2.05, 4.69) is 17.6 Å². The quantitative estimate of drug-likeness (QED) is 0.715. The standard InChI is InChI=1S/C12H22N2O2/c1-10(2,3)16-9(15)14-12-6-5-11(12,4)7-13-8-12/h13H,5-8H2,1-4H3,(H,14,15)/t11-,12-/m1/s1. The molecule has 1 saturated carbocycles. The SMILES string of the molecule is CC(C)(C)OC(=O)N[C@@]12CC[C@]1(C)CNC2. The Morgan fingerprint density at radius 1 is 1.31 bits per heavy atom. The van der Waals surface area contributed by atoms with Gasteiger partial charge < -0.3 is 15.4 Å². The van der Waals surface area contributed by atoms with Gasteiger partial charge in [0, 0.05) is 18.5 Å². The Labute approximate surface area is 97.1 Å². The third kappa shape index (κ3) is 1.79. The first-order valence-corrected chi connectivity index (χ1v) is 5.98.